The highest BCUT2D eigenvalue weighted by molar-refractivity contribution is 7.88. The number of hydrogen-bond acceptors (Lipinski definition) is 5. The Labute approximate surface area is 160 Å². The van der Waals surface area contributed by atoms with Crippen LogP contribution < -0.4 is 0 Å². The summed E-state index contributed by atoms with van der Waals surface area (Å²) >= 11 is 0. The molecule has 1 aromatic rings. The van der Waals surface area contributed by atoms with E-state index in [4.69, 9.17) is 0 Å². The second kappa shape index (κ2) is 7.38. The molecule has 1 N–H and O–H groups in total. The van der Waals surface area contributed by atoms with E-state index >= 15 is 0 Å². The zero-order valence-corrected chi connectivity index (χ0v) is 17.1. The van der Waals surface area contributed by atoms with Crippen LogP contribution in [0.2, 0.25) is 0 Å². The van der Waals surface area contributed by atoms with Crippen molar-refractivity contribution in [1.29, 1.82) is 0 Å². The Hall–Kier alpha value is -1.68. The van der Waals surface area contributed by atoms with Crippen LogP contribution >= 0.6 is 0 Å². The molecule has 0 fully saturated rings. The van der Waals surface area contributed by atoms with E-state index < -0.39 is 20.0 Å². The maximum Gasteiger partial charge on any atom is 0.211 e. The van der Waals surface area contributed by atoms with Crippen LogP contribution in [0.5, 0.6) is 5.75 Å². The lowest BCUT2D eigenvalue weighted by atomic mass is 9.92. The average molecular weight is 413 g/mol. The summed E-state index contributed by atoms with van der Waals surface area (Å²) in [4.78, 5) is 0. The van der Waals surface area contributed by atoms with Crippen molar-refractivity contribution >= 4 is 31.2 Å². The number of phenolic OH excluding ortho intramolecular Hbond substituents is 1. The summed E-state index contributed by atoms with van der Waals surface area (Å²) in [6, 6.07) is 5.51. The number of nitrogens with zero attached hydrogens (tertiary/aromatic N) is 2. The minimum absolute atomic E-state index is 0.163. The summed E-state index contributed by atoms with van der Waals surface area (Å²) in [5, 5.41) is 10.8. The van der Waals surface area contributed by atoms with E-state index in [1.807, 2.05) is 30.4 Å². The zero-order valence-electron chi connectivity index (χ0n) is 15.4. The number of phenols is 1. The maximum atomic E-state index is 11.6. The van der Waals surface area contributed by atoms with Crippen molar-refractivity contribution in [2.45, 2.75) is 12.8 Å². The molecule has 0 radical (unpaired) electrons. The van der Waals surface area contributed by atoms with Crippen molar-refractivity contribution in [3.05, 3.63) is 41.5 Å². The van der Waals surface area contributed by atoms with Gasteiger partial charge in [0, 0.05) is 37.3 Å². The summed E-state index contributed by atoms with van der Waals surface area (Å²) in [5.41, 5.74) is 3.24. The van der Waals surface area contributed by atoms with Gasteiger partial charge < -0.3 is 5.11 Å². The van der Waals surface area contributed by atoms with Gasteiger partial charge in [0.1, 0.15) is 5.75 Å². The Morgan fingerprint density at radius 3 is 1.52 bits per heavy atom. The van der Waals surface area contributed by atoms with Crippen molar-refractivity contribution < 1.29 is 21.9 Å². The van der Waals surface area contributed by atoms with Crippen LogP contribution in [0.15, 0.2) is 30.4 Å². The van der Waals surface area contributed by atoms with Gasteiger partial charge in [-0.05, 0) is 24.0 Å². The molecule has 2 aliphatic rings. The van der Waals surface area contributed by atoms with Gasteiger partial charge in [-0.1, -0.05) is 30.4 Å². The number of sulfonamides is 2. The third-order valence-corrected chi connectivity index (χ3v) is 7.55. The third kappa shape index (κ3) is 4.43. The van der Waals surface area contributed by atoms with E-state index in [2.05, 4.69) is 0 Å². The molecule has 0 saturated carbocycles. The molecule has 0 bridgehead atoms. The van der Waals surface area contributed by atoms with Crippen LogP contribution in [0, 0.1) is 0 Å². The Morgan fingerprint density at radius 1 is 0.815 bits per heavy atom. The predicted molar refractivity (Wildman–Crippen MR) is 106 cm³/mol. The fourth-order valence-corrected chi connectivity index (χ4v) is 4.99. The van der Waals surface area contributed by atoms with Gasteiger partial charge in [-0.3, -0.25) is 0 Å². The van der Waals surface area contributed by atoms with Crippen LogP contribution in [0.25, 0.3) is 11.1 Å². The molecule has 7 nitrogen and oxygen atoms in total. The van der Waals surface area contributed by atoms with Gasteiger partial charge in [-0.2, -0.15) is 8.61 Å². The number of para-hydroxylation sites is 1. The molecule has 3 rings (SSSR count). The molecule has 0 amide bonds. The summed E-state index contributed by atoms with van der Waals surface area (Å²) in [7, 11) is -6.44. The van der Waals surface area contributed by atoms with E-state index in [9.17, 15) is 21.9 Å². The first-order valence-corrected chi connectivity index (χ1v) is 12.4. The lowest BCUT2D eigenvalue weighted by molar-refractivity contribution is 0.442. The third-order valence-electron chi connectivity index (χ3n) is 5.01. The Bertz CT molecular complexity index is 932. The fourth-order valence-electron chi connectivity index (χ4n) is 3.45. The van der Waals surface area contributed by atoms with Gasteiger partial charge in [0.25, 0.3) is 0 Å². The molecule has 0 saturated heterocycles. The quantitative estimate of drug-likeness (QED) is 0.808. The van der Waals surface area contributed by atoms with Crippen molar-refractivity contribution in [3.8, 4) is 5.75 Å². The minimum Gasteiger partial charge on any atom is -0.507 e. The van der Waals surface area contributed by atoms with Crippen LogP contribution in [0.3, 0.4) is 0 Å². The molecule has 0 aliphatic carbocycles. The molecular weight excluding hydrogens is 388 g/mol. The SMILES string of the molecule is CS(=O)(=O)N1CC=C(c2cccc(C3=CCN(S(C)(=O)=O)CC3)c2O)CC1. The van der Waals surface area contributed by atoms with Crippen LogP contribution in [0.4, 0.5) is 0 Å². The van der Waals surface area contributed by atoms with Gasteiger partial charge in [-0.15, -0.1) is 0 Å². The summed E-state index contributed by atoms with van der Waals surface area (Å²) in [5.74, 6) is 0.163. The summed E-state index contributed by atoms with van der Waals surface area (Å²) in [6.45, 7) is 1.37. The van der Waals surface area contributed by atoms with E-state index in [0.717, 1.165) is 11.1 Å². The lowest BCUT2D eigenvalue weighted by Gasteiger charge is -2.26. The molecule has 1 aromatic carbocycles. The molecule has 9 heteroatoms. The lowest BCUT2D eigenvalue weighted by Crippen LogP contribution is -2.33. The molecule has 0 atom stereocenters. The molecule has 0 unspecified atom stereocenters. The Kier molecular flexibility index (Phi) is 5.49. The molecule has 2 heterocycles. The normalized spacial score (nSPS) is 20.2. The summed E-state index contributed by atoms with van der Waals surface area (Å²) in [6.07, 6.45) is 7.13. The first-order chi connectivity index (χ1) is 12.6. The van der Waals surface area contributed by atoms with Crippen molar-refractivity contribution in [2.75, 3.05) is 38.7 Å². The highest BCUT2D eigenvalue weighted by Gasteiger charge is 2.24. The molecule has 0 aromatic heterocycles. The first kappa shape index (κ1) is 20.1. The highest BCUT2D eigenvalue weighted by atomic mass is 32.2. The monoisotopic (exact) mass is 412 g/mol. The Morgan fingerprint density at radius 2 is 1.22 bits per heavy atom. The summed E-state index contributed by atoms with van der Waals surface area (Å²) < 4.78 is 49.4. The molecular formula is C18H24N2O5S2. The van der Waals surface area contributed by atoms with E-state index in [1.54, 1.807) is 0 Å². The van der Waals surface area contributed by atoms with Crippen LogP contribution in [0.1, 0.15) is 24.0 Å². The van der Waals surface area contributed by atoms with E-state index in [-0.39, 0.29) is 5.75 Å². The predicted octanol–water partition coefficient (Wildman–Crippen LogP) is 1.49. The number of hydrogen-bond donors (Lipinski definition) is 1. The minimum atomic E-state index is -3.22. The maximum absolute atomic E-state index is 11.6. The first-order valence-electron chi connectivity index (χ1n) is 8.68. The van der Waals surface area contributed by atoms with Gasteiger partial charge in [0.2, 0.25) is 20.0 Å². The van der Waals surface area contributed by atoms with E-state index in [0.29, 0.717) is 50.1 Å². The second-order valence-corrected chi connectivity index (χ2v) is 10.9. The smallest absolute Gasteiger partial charge is 0.211 e. The Balaban J connectivity index is 1.86. The van der Waals surface area contributed by atoms with Gasteiger partial charge in [0.15, 0.2) is 0 Å². The van der Waals surface area contributed by atoms with Gasteiger partial charge in [-0.25, -0.2) is 16.8 Å². The van der Waals surface area contributed by atoms with Crippen molar-refractivity contribution in [1.82, 2.24) is 8.61 Å². The van der Waals surface area contributed by atoms with E-state index in [1.165, 1.54) is 21.1 Å². The largest absolute Gasteiger partial charge is 0.507 e. The van der Waals surface area contributed by atoms with Crippen molar-refractivity contribution in [3.63, 3.8) is 0 Å². The van der Waals surface area contributed by atoms with Crippen LogP contribution in [-0.2, 0) is 20.0 Å². The topological polar surface area (TPSA) is 95.0 Å². The molecule has 2 aliphatic heterocycles. The molecule has 148 valence electrons. The average Bonchev–Trinajstić information content (AvgIpc) is 2.61. The molecule has 0 spiro atoms. The number of aromatic hydroxyl groups is 1. The van der Waals surface area contributed by atoms with Crippen molar-refractivity contribution in [2.24, 2.45) is 0 Å². The number of benzene rings is 1. The standard InChI is InChI=1S/C18H24N2O5S2/c1-26(22,23)19-10-6-14(7-11-19)16-4-3-5-17(18(16)21)15-8-12-20(13-9-15)27(2,24)25/h3-6,8,21H,7,9-13H2,1-2H3. The van der Waals surface area contributed by atoms with Crippen LogP contribution in [-0.4, -0.2) is 69.2 Å². The zero-order chi connectivity index (χ0) is 19.8. The van der Waals surface area contributed by atoms with Gasteiger partial charge in [0.05, 0.1) is 12.5 Å². The number of rotatable bonds is 4. The second-order valence-electron chi connectivity index (χ2n) is 6.90. The fraction of sp³-hybridized carbons (Fsp3) is 0.444. The highest BCUT2D eigenvalue weighted by Crippen LogP contribution is 2.37. The molecule has 27 heavy (non-hydrogen) atoms. The van der Waals surface area contributed by atoms with Gasteiger partial charge >= 0.3 is 0 Å².